The fourth-order valence-electron chi connectivity index (χ4n) is 4.00. The molecule has 0 aliphatic carbocycles. The summed E-state index contributed by atoms with van der Waals surface area (Å²) < 4.78 is 7.37. The minimum atomic E-state index is -0.407. The second-order valence-electron chi connectivity index (χ2n) is 7.98. The van der Waals surface area contributed by atoms with Crippen LogP contribution in [0.25, 0.3) is 11.0 Å². The molecule has 1 saturated heterocycles. The molecule has 0 spiro atoms. The second kappa shape index (κ2) is 9.31. The van der Waals surface area contributed by atoms with Crippen LogP contribution in [0.4, 0.5) is 0 Å². The van der Waals surface area contributed by atoms with Gasteiger partial charge in [0.2, 0.25) is 11.8 Å². The van der Waals surface area contributed by atoms with E-state index in [1.165, 1.54) is 0 Å². The molecule has 2 N–H and O–H groups in total. The van der Waals surface area contributed by atoms with Crippen molar-refractivity contribution in [2.75, 3.05) is 6.61 Å². The zero-order chi connectivity index (χ0) is 21.8. The van der Waals surface area contributed by atoms with Crippen LogP contribution < -0.4 is 10.6 Å². The SMILES string of the molecule is CC(NC(=O)Cn1c(C(C)NC(=O)C2CCCO2)nc2ccccc21)c1ccccc1. The van der Waals surface area contributed by atoms with Gasteiger partial charge in [0.15, 0.2) is 0 Å². The minimum Gasteiger partial charge on any atom is -0.368 e. The van der Waals surface area contributed by atoms with Gasteiger partial charge in [-0.2, -0.15) is 0 Å². The summed E-state index contributed by atoms with van der Waals surface area (Å²) in [5.74, 6) is 0.402. The van der Waals surface area contributed by atoms with Crippen LogP contribution >= 0.6 is 0 Å². The van der Waals surface area contributed by atoms with E-state index in [2.05, 4.69) is 10.6 Å². The van der Waals surface area contributed by atoms with E-state index < -0.39 is 6.10 Å². The Morgan fingerprint density at radius 1 is 1.06 bits per heavy atom. The molecule has 3 unspecified atom stereocenters. The second-order valence-corrected chi connectivity index (χ2v) is 7.98. The van der Waals surface area contributed by atoms with E-state index in [-0.39, 0.29) is 30.4 Å². The number of rotatable bonds is 7. The number of amides is 2. The van der Waals surface area contributed by atoms with Crippen LogP contribution in [0.1, 0.15) is 50.2 Å². The van der Waals surface area contributed by atoms with Crippen molar-refractivity contribution in [2.45, 2.75) is 51.4 Å². The Labute approximate surface area is 181 Å². The summed E-state index contributed by atoms with van der Waals surface area (Å²) in [6, 6.07) is 17.1. The number of ether oxygens (including phenoxy) is 1. The lowest BCUT2D eigenvalue weighted by Gasteiger charge is -2.19. The highest BCUT2D eigenvalue weighted by Gasteiger charge is 2.27. The van der Waals surface area contributed by atoms with E-state index in [1.54, 1.807) is 0 Å². The van der Waals surface area contributed by atoms with Gasteiger partial charge in [0, 0.05) is 6.61 Å². The lowest BCUT2D eigenvalue weighted by Crippen LogP contribution is -2.37. The summed E-state index contributed by atoms with van der Waals surface area (Å²) in [6.45, 7) is 4.58. The maximum atomic E-state index is 12.9. The molecule has 0 bridgehead atoms. The maximum Gasteiger partial charge on any atom is 0.249 e. The third-order valence-corrected chi connectivity index (χ3v) is 5.63. The average molecular weight is 421 g/mol. The highest BCUT2D eigenvalue weighted by Crippen LogP contribution is 2.22. The number of nitrogens with zero attached hydrogens (tertiary/aromatic N) is 2. The first kappa shape index (κ1) is 21.1. The van der Waals surface area contributed by atoms with Crippen molar-refractivity contribution in [3.63, 3.8) is 0 Å². The molecule has 162 valence electrons. The maximum absolute atomic E-state index is 12.9. The molecule has 31 heavy (non-hydrogen) atoms. The molecule has 0 radical (unpaired) electrons. The summed E-state index contributed by atoms with van der Waals surface area (Å²) in [6.07, 6.45) is 1.22. The van der Waals surface area contributed by atoms with Crippen LogP contribution in [0.15, 0.2) is 54.6 Å². The third-order valence-electron chi connectivity index (χ3n) is 5.63. The molecule has 2 aromatic carbocycles. The number of para-hydroxylation sites is 2. The number of benzene rings is 2. The van der Waals surface area contributed by atoms with Crippen molar-refractivity contribution in [1.29, 1.82) is 0 Å². The van der Waals surface area contributed by atoms with Gasteiger partial charge in [-0.25, -0.2) is 4.98 Å². The number of imidazole rings is 1. The summed E-state index contributed by atoms with van der Waals surface area (Å²) in [4.78, 5) is 30.1. The smallest absolute Gasteiger partial charge is 0.249 e. The standard InChI is InChI=1S/C24H28N4O3/c1-16(18-9-4-3-5-10-18)25-22(29)15-28-20-12-7-6-11-19(20)27-23(28)17(2)26-24(30)21-13-8-14-31-21/h3-7,9-12,16-17,21H,8,13-15H2,1-2H3,(H,25,29)(H,26,30). The van der Waals surface area contributed by atoms with Crippen molar-refractivity contribution in [3.8, 4) is 0 Å². The van der Waals surface area contributed by atoms with Crippen LogP contribution in [-0.4, -0.2) is 34.1 Å². The van der Waals surface area contributed by atoms with Gasteiger partial charge in [-0.3, -0.25) is 9.59 Å². The predicted octanol–water partition coefficient (Wildman–Crippen LogP) is 3.27. The molecule has 0 saturated carbocycles. The molecule has 3 aromatic rings. The molecule has 1 fully saturated rings. The fourth-order valence-corrected chi connectivity index (χ4v) is 4.00. The molecule has 2 amide bonds. The summed E-state index contributed by atoms with van der Waals surface area (Å²) in [7, 11) is 0. The molecule has 3 atom stereocenters. The van der Waals surface area contributed by atoms with Gasteiger partial charge in [-0.05, 0) is 44.4 Å². The van der Waals surface area contributed by atoms with Gasteiger partial charge in [-0.1, -0.05) is 42.5 Å². The van der Waals surface area contributed by atoms with Gasteiger partial charge >= 0.3 is 0 Å². The zero-order valence-electron chi connectivity index (χ0n) is 17.9. The summed E-state index contributed by atoms with van der Waals surface area (Å²) >= 11 is 0. The quantitative estimate of drug-likeness (QED) is 0.614. The molecular formula is C24H28N4O3. The number of carbonyl (C=O) groups excluding carboxylic acids is 2. The summed E-state index contributed by atoms with van der Waals surface area (Å²) in [5.41, 5.74) is 2.70. The van der Waals surface area contributed by atoms with Crippen LogP contribution in [0.2, 0.25) is 0 Å². The first-order valence-electron chi connectivity index (χ1n) is 10.7. The highest BCUT2D eigenvalue weighted by molar-refractivity contribution is 5.83. The number of fused-ring (bicyclic) bond motifs is 1. The van der Waals surface area contributed by atoms with Gasteiger partial charge < -0.3 is 19.9 Å². The van der Waals surface area contributed by atoms with Gasteiger partial charge in [0.1, 0.15) is 18.5 Å². The third kappa shape index (κ3) is 4.77. The molecule has 1 aliphatic heterocycles. The number of hydrogen-bond acceptors (Lipinski definition) is 4. The van der Waals surface area contributed by atoms with E-state index in [0.29, 0.717) is 12.4 Å². The molecule has 1 aliphatic rings. The largest absolute Gasteiger partial charge is 0.368 e. The van der Waals surface area contributed by atoms with Gasteiger partial charge in [0.05, 0.1) is 23.1 Å². The Morgan fingerprint density at radius 2 is 1.81 bits per heavy atom. The molecule has 1 aromatic heterocycles. The number of nitrogens with one attached hydrogen (secondary N) is 2. The number of aromatic nitrogens is 2. The lowest BCUT2D eigenvalue weighted by molar-refractivity contribution is -0.130. The highest BCUT2D eigenvalue weighted by atomic mass is 16.5. The van der Waals surface area contributed by atoms with Crippen LogP contribution in [0, 0.1) is 0 Å². The molecule has 7 nitrogen and oxygen atoms in total. The Hall–Kier alpha value is -3.19. The number of carbonyl (C=O) groups is 2. The monoisotopic (exact) mass is 420 g/mol. The van der Waals surface area contributed by atoms with E-state index >= 15 is 0 Å². The van der Waals surface area contributed by atoms with Crippen molar-refractivity contribution in [1.82, 2.24) is 20.2 Å². The summed E-state index contributed by atoms with van der Waals surface area (Å²) in [5, 5.41) is 6.06. The molecule has 7 heteroatoms. The van der Waals surface area contributed by atoms with Crippen LogP contribution in [0.5, 0.6) is 0 Å². The van der Waals surface area contributed by atoms with Crippen molar-refractivity contribution >= 4 is 22.8 Å². The topological polar surface area (TPSA) is 85.2 Å². The van der Waals surface area contributed by atoms with E-state index in [0.717, 1.165) is 29.4 Å². The predicted molar refractivity (Wildman–Crippen MR) is 118 cm³/mol. The molecular weight excluding hydrogens is 392 g/mol. The van der Waals surface area contributed by atoms with Crippen molar-refractivity contribution in [2.24, 2.45) is 0 Å². The molecule has 4 rings (SSSR count). The Balaban J connectivity index is 1.53. The van der Waals surface area contributed by atoms with Crippen molar-refractivity contribution < 1.29 is 14.3 Å². The van der Waals surface area contributed by atoms with E-state index in [1.807, 2.05) is 73.0 Å². The van der Waals surface area contributed by atoms with Crippen LogP contribution in [0.3, 0.4) is 0 Å². The van der Waals surface area contributed by atoms with Gasteiger partial charge in [0.25, 0.3) is 0 Å². The Morgan fingerprint density at radius 3 is 2.55 bits per heavy atom. The lowest BCUT2D eigenvalue weighted by atomic mass is 10.1. The van der Waals surface area contributed by atoms with Crippen molar-refractivity contribution in [3.05, 3.63) is 66.0 Å². The van der Waals surface area contributed by atoms with E-state index in [9.17, 15) is 9.59 Å². The van der Waals surface area contributed by atoms with Gasteiger partial charge in [-0.15, -0.1) is 0 Å². The zero-order valence-corrected chi connectivity index (χ0v) is 17.9. The van der Waals surface area contributed by atoms with Crippen LogP contribution in [-0.2, 0) is 20.9 Å². The first-order valence-corrected chi connectivity index (χ1v) is 10.7. The number of hydrogen-bond donors (Lipinski definition) is 2. The normalized spacial score (nSPS) is 17.9. The Kier molecular flexibility index (Phi) is 6.32. The van der Waals surface area contributed by atoms with E-state index in [4.69, 9.17) is 9.72 Å². The minimum absolute atomic E-state index is 0.108. The average Bonchev–Trinajstić information content (AvgIpc) is 3.43. The Bertz CT molecular complexity index is 1060. The molecule has 2 heterocycles. The fraction of sp³-hybridized carbons (Fsp3) is 0.375. The first-order chi connectivity index (χ1) is 15.0.